The SMILES string of the molecule is CC(C)N1CCCC1Cn1c(C2CCCO2)nc2cccnc21. The molecule has 23 heavy (non-hydrogen) atoms. The van der Waals surface area contributed by atoms with E-state index in [9.17, 15) is 0 Å². The van der Waals surface area contributed by atoms with Crippen molar-refractivity contribution >= 4 is 11.2 Å². The highest BCUT2D eigenvalue weighted by Crippen LogP contribution is 2.31. The van der Waals surface area contributed by atoms with Gasteiger partial charge in [-0.2, -0.15) is 0 Å². The van der Waals surface area contributed by atoms with Crippen LogP contribution in [0.4, 0.5) is 0 Å². The van der Waals surface area contributed by atoms with Gasteiger partial charge in [-0.1, -0.05) is 0 Å². The topological polar surface area (TPSA) is 43.2 Å². The standard InChI is InChI=1S/C18H26N4O/c1-13(2)21-10-4-6-14(21)12-22-17-15(7-3-9-19-17)20-18(22)16-8-5-11-23-16/h3,7,9,13-14,16H,4-6,8,10-12H2,1-2H3. The third-order valence-corrected chi connectivity index (χ3v) is 5.23. The second-order valence-corrected chi connectivity index (χ2v) is 7.06. The molecule has 0 bridgehead atoms. The number of nitrogens with zero attached hydrogens (tertiary/aromatic N) is 4. The highest BCUT2D eigenvalue weighted by molar-refractivity contribution is 5.71. The molecular weight excluding hydrogens is 288 g/mol. The fourth-order valence-electron chi connectivity index (χ4n) is 4.13. The fraction of sp³-hybridized carbons (Fsp3) is 0.667. The van der Waals surface area contributed by atoms with Gasteiger partial charge < -0.3 is 9.30 Å². The van der Waals surface area contributed by atoms with Crippen LogP contribution >= 0.6 is 0 Å². The van der Waals surface area contributed by atoms with Gasteiger partial charge in [0.2, 0.25) is 0 Å². The number of hydrogen-bond acceptors (Lipinski definition) is 4. The smallest absolute Gasteiger partial charge is 0.160 e. The molecule has 2 atom stereocenters. The lowest BCUT2D eigenvalue weighted by molar-refractivity contribution is 0.0997. The largest absolute Gasteiger partial charge is 0.370 e. The molecule has 2 aromatic heterocycles. The van der Waals surface area contributed by atoms with E-state index in [0.29, 0.717) is 12.1 Å². The summed E-state index contributed by atoms with van der Waals surface area (Å²) >= 11 is 0. The van der Waals surface area contributed by atoms with Crippen LogP contribution in [-0.2, 0) is 11.3 Å². The van der Waals surface area contributed by atoms with Crippen molar-refractivity contribution in [2.24, 2.45) is 0 Å². The number of pyridine rings is 1. The molecule has 0 aliphatic carbocycles. The van der Waals surface area contributed by atoms with E-state index in [1.165, 1.54) is 19.4 Å². The Morgan fingerprint density at radius 2 is 2.22 bits per heavy atom. The van der Waals surface area contributed by atoms with Crippen molar-refractivity contribution < 1.29 is 4.74 Å². The number of ether oxygens (including phenoxy) is 1. The molecule has 124 valence electrons. The number of aromatic nitrogens is 3. The van der Waals surface area contributed by atoms with Crippen molar-refractivity contribution in [2.75, 3.05) is 13.2 Å². The lowest BCUT2D eigenvalue weighted by Crippen LogP contribution is -2.38. The van der Waals surface area contributed by atoms with Gasteiger partial charge in [0.25, 0.3) is 0 Å². The van der Waals surface area contributed by atoms with E-state index < -0.39 is 0 Å². The van der Waals surface area contributed by atoms with Crippen LogP contribution in [0.3, 0.4) is 0 Å². The Kier molecular flexibility index (Phi) is 4.07. The first-order valence-corrected chi connectivity index (χ1v) is 8.92. The molecule has 0 saturated carbocycles. The number of imidazole rings is 1. The minimum Gasteiger partial charge on any atom is -0.370 e. The molecule has 4 rings (SSSR count). The van der Waals surface area contributed by atoms with E-state index in [4.69, 9.17) is 9.72 Å². The molecule has 2 fully saturated rings. The maximum Gasteiger partial charge on any atom is 0.160 e. The van der Waals surface area contributed by atoms with Crippen LogP contribution < -0.4 is 0 Å². The first kappa shape index (κ1) is 15.1. The molecule has 2 aliphatic heterocycles. The molecule has 5 nitrogen and oxygen atoms in total. The van der Waals surface area contributed by atoms with Crippen molar-refractivity contribution in [3.05, 3.63) is 24.2 Å². The number of likely N-dealkylation sites (tertiary alicyclic amines) is 1. The molecular formula is C18H26N4O. The van der Waals surface area contributed by atoms with Gasteiger partial charge in [0.1, 0.15) is 17.4 Å². The molecule has 2 aliphatic rings. The summed E-state index contributed by atoms with van der Waals surface area (Å²) in [5.41, 5.74) is 2.00. The van der Waals surface area contributed by atoms with Crippen LogP contribution in [-0.4, -0.2) is 44.7 Å². The van der Waals surface area contributed by atoms with Gasteiger partial charge in [0.05, 0.1) is 0 Å². The third kappa shape index (κ3) is 2.76. The molecule has 0 spiro atoms. The summed E-state index contributed by atoms with van der Waals surface area (Å²) in [6.45, 7) is 7.62. The predicted molar refractivity (Wildman–Crippen MR) is 90.3 cm³/mol. The molecule has 4 heterocycles. The molecule has 2 saturated heterocycles. The average Bonchev–Trinajstić information content (AvgIpc) is 3.27. The van der Waals surface area contributed by atoms with E-state index >= 15 is 0 Å². The summed E-state index contributed by atoms with van der Waals surface area (Å²) in [5.74, 6) is 1.08. The van der Waals surface area contributed by atoms with Gasteiger partial charge in [-0.25, -0.2) is 9.97 Å². The van der Waals surface area contributed by atoms with Crippen LogP contribution in [0.25, 0.3) is 11.2 Å². The zero-order valence-corrected chi connectivity index (χ0v) is 14.1. The van der Waals surface area contributed by atoms with Crippen molar-refractivity contribution in [3.8, 4) is 0 Å². The van der Waals surface area contributed by atoms with E-state index in [1.807, 2.05) is 12.3 Å². The van der Waals surface area contributed by atoms with Gasteiger partial charge in [0.15, 0.2) is 5.65 Å². The van der Waals surface area contributed by atoms with Gasteiger partial charge in [-0.3, -0.25) is 4.90 Å². The Morgan fingerprint density at radius 1 is 1.30 bits per heavy atom. The summed E-state index contributed by atoms with van der Waals surface area (Å²) in [7, 11) is 0. The van der Waals surface area contributed by atoms with Crippen molar-refractivity contribution in [1.82, 2.24) is 19.4 Å². The van der Waals surface area contributed by atoms with E-state index in [-0.39, 0.29) is 6.10 Å². The Labute approximate surface area is 137 Å². The first-order chi connectivity index (χ1) is 11.2. The maximum absolute atomic E-state index is 5.92. The lowest BCUT2D eigenvalue weighted by Gasteiger charge is -2.29. The van der Waals surface area contributed by atoms with Crippen molar-refractivity contribution in [1.29, 1.82) is 0 Å². The number of hydrogen-bond donors (Lipinski definition) is 0. The minimum atomic E-state index is 0.137. The molecule has 0 radical (unpaired) electrons. The lowest BCUT2D eigenvalue weighted by atomic mass is 10.2. The normalized spacial score (nSPS) is 25.9. The van der Waals surface area contributed by atoms with E-state index in [1.54, 1.807) is 0 Å². The fourth-order valence-corrected chi connectivity index (χ4v) is 4.13. The summed E-state index contributed by atoms with van der Waals surface area (Å²) < 4.78 is 8.25. The van der Waals surface area contributed by atoms with E-state index in [2.05, 4.69) is 34.4 Å². The number of rotatable bonds is 4. The zero-order valence-electron chi connectivity index (χ0n) is 14.1. The second-order valence-electron chi connectivity index (χ2n) is 7.06. The molecule has 2 unspecified atom stereocenters. The van der Waals surface area contributed by atoms with Crippen molar-refractivity contribution in [3.63, 3.8) is 0 Å². The van der Waals surface area contributed by atoms with Crippen LogP contribution in [0.5, 0.6) is 0 Å². The second kappa shape index (κ2) is 6.21. The Hall–Kier alpha value is -1.46. The monoisotopic (exact) mass is 314 g/mol. The zero-order chi connectivity index (χ0) is 15.8. The molecule has 0 N–H and O–H groups in total. The highest BCUT2D eigenvalue weighted by Gasteiger charge is 2.30. The number of fused-ring (bicyclic) bond motifs is 1. The maximum atomic E-state index is 5.92. The minimum absolute atomic E-state index is 0.137. The van der Waals surface area contributed by atoms with Gasteiger partial charge in [-0.05, 0) is 58.2 Å². The van der Waals surface area contributed by atoms with Crippen LogP contribution in [0.2, 0.25) is 0 Å². The molecule has 0 aromatic carbocycles. The quantitative estimate of drug-likeness (QED) is 0.869. The first-order valence-electron chi connectivity index (χ1n) is 8.92. The molecule has 0 amide bonds. The Balaban J connectivity index is 1.71. The third-order valence-electron chi connectivity index (χ3n) is 5.23. The molecule has 2 aromatic rings. The van der Waals surface area contributed by atoms with Gasteiger partial charge in [0, 0.05) is 31.4 Å². The average molecular weight is 314 g/mol. The van der Waals surface area contributed by atoms with Gasteiger partial charge in [-0.15, -0.1) is 0 Å². The summed E-state index contributed by atoms with van der Waals surface area (Å²) in [5, 5.41) is 0. The van der Waals surface area contributed by atoms with E-state index in [0.717, 1.165) is 43.0 Å². The molecule has 5 heteroatoms. The van der Waals surface area contributed by atoms with Crippen LogP contribution in [0.1, 0.15) is 51.5 Å². The summed E-state index contributed by atoms with van der Waals surface area (Å²) in [4.78, 5) is 12.1. The van der Waals surface area contributed by atoms with Crippen LogP contribution in [0, 0.1) is 0 Å². The predicted octanol–water partition coefficient (Wildman–Crippen LogP) is 3.16. The Bertz CT molecular complexity index is 675. The van der Waals surface area contributed by atoms with Gasteiger partial charge >= 0.3 is 0 Å². The summed E-state index contributed by atoms with van der Waals surface area (Å²) in [6, 6.07) is 5.20. The summed E-state index contributed by atoms with van der Waals surface area (Å²) in [6.07, 6.45) is 6.76. The van der Waals surface area contributed by atoms with Crippen LogP contribution in [0.15, 0.2) is 18.3 Å². The van der Waals surface area contributed by atoms with Crippen molar-refractivity contribution in [2.45, 2.75) is 64.3 Å². The Morgan fingerprint density at radius 3 is 3.00 bits per heavy atom. The highest BCUT2D eigenvalue weighted by atomic mass is 16.5.